The minimum absolute atomic E-state index is 0.425. The number of hydrogen-bond acceptors (Lipinski definition) is 3. The van der Waals surface area contributed by atoms with E-state index in [1.807, 2.05) is 24.3 Å². The maximum absolute atomic E-state index is 5.89. The highest BCUT2D eigenvalue weighted by atomic mass is 79.9. The summed E-state index contributed by atoms with van der Waals surface area (Å²) >= 11 is 9.28. The van der Waals surface area contributed by atoms with Crippen molar-refractivity contribution in [3.8, 4) is 11.5 Å². The van der Waals surface area contributed by atoms with Crippen molar-refractivity contribution in [3.63, 3.8) is 0 Å². The Kier molecular flexibility index (Phi) is 4.56. The van der Waals surface area contributed by atoms with Crippen molar-refractivity contribution in [3.05, 3.63) is 51.5 Å². The number of benzene rings is 2. The van der Waals surface area contributed by atoms with Crippen LogP contribution in [0.3, 0.4) is 0 Å². The highest BCUT2D eigenvalue weighted by molar-refractivity contribution is 9.10. The lowest BCUT2D eigenvalue weighted by Crippen LogP contribution is -1.99. The lowest BCUT2D eigenvalue weighted by atomic mass is 10.2. The molecule has 0 aliphatic heterocycles. The molecule has 0 spiro atoms. The minimum atomic E-state index is 0.425. The third-order valence-corrected chi connectivity index (χ3v) is 3.39. The van der Waals surface area contributed by atoms with Gasteiger partial charge in [-0.25, -0.2) is 0 Å². The van der Waals surface area contributed by atoms with Gasteiger partial charge in [0.15, 0.2) is 5.75 Å². The lowest BCUT2D eigenvalue weighted by molar-refractivity contribution is 0.306. The van der Waals surface area contributed by atoms with E-state index >= 15 is 0 Å². The maximum atomic E-state index is 5.89. The molecule has 0 saturated heterocycles. The fourth-order valence-corrected chi connectivity index (χ4v) is 2.56. The molecule has 0 amide bonds. The smallest absolute Gasteiger partial charge is 0.156 e. The molecule has 19 heavy (non-hydrogen) atoms. The van der Waals surface area contributed by atoms with Gasteiger partial charge in [-0.15, -0.1) is 0 Å². The van der Waals surface area contributed by atoms with E-state index in [1.54, 1.807) is 19.2 Å². The Hall–Kier alpha value is -1.39. The quantitative estimate of drug-likeness (QED) is 0.844. The minimum Gasteiger partial charge on any atom is -0.497 e. The van der Waals surface area contributed by atoms with Crippen LogP contribution in [-0.4, -0.2) is 7.11 Å². The fourth-order valence-electron chi connectivity index (χ4n) is 1.61. The van der Waals surface area contributed by atoms with Gasteiger partial charge in [-0.2, -0.15) is 0 Å². The van der Waals surface area contributed by atoms with Crippen LogP contribution in [0.5, 0.6) is 11.5 Å². The summed E-state index contributed by atoms with van der Waals surface area (Å²) in [5.41, 5.74) is 7.41. The van der Waals surface area contributed by atoms with Gasteiger partial charge in [0.05, 0.1) is 17.3 Å². The molecule has 0 atom stereocenters. The third-order valence-electron chi connectivity index (χ3n) is 2.58. The van der Waals surface area contributed by atoms with E-state index in [0.717, 1.165) is 15.8 Å². The largest absolute Gasteiger partial charge is 0.497 e. The SMILES string of the molecule is COc1ccc(COc2c(N)cc(Cl)cc2Br)cc1. The van der Waals surface area contributed by atoms with Crippen LogP contribution < -0.4 is 15.2 Å². The second-order valence-corrected chi connectivity index (χ2v) is 5.23. The summed E-state index contributed by atoms with van der Waals surface area (Å²) < 4.78 is 11.6. The number of nitrogen functional groups attached to an aromatic ring is 1. The highest BCUT2D eigenvalue weighted by Crippen LogP contribution is 2.35. The van der Waals surface area contributed by atoms with Crippen molar-refractivity contribution in [2.75, 3.05) is 12.8 Å². The second kappa shape index (κ2) is 6.17. The van der Waals surface area contributed by atoms with Crippen LogP contribution in [0.15, 0.2) is 40.9 Å². The average Bonchev–Trinajstić information content (AvgIpc) is 2.38. The molecule has 0 heterocycles. The van der Waals surface area contributed by atoms with Gasteiger partial charge in [-0.1, -0.05) is 23.7 Å². The molecule has 3 nitrogen and oxygen atoms in total. The Balaban J connectivity index is 2.10. The topological polar surface area (TPSA) is 44.5 Å². The van der Waals surface area contributed by atoms with Gasteiger partial charge in [0, 0.05) is 5.02 Å². The van der Waals surface area contributed by atoms with Gasteiger partial charge in [-0.3, -0.25) is 0 Å². The van der Waals surface area contributed by atoms with Gasteiger partial charge in [0.25, 0.3) is 0 Å². The zero-order valence-corrected chi connectivity index (χ0v) is 12.7. The molecule has 0 fully saturated rings. The van der Waals surface area contributed by atoms with Crippen LogP contribution in [0.25, 0.3) is 0 Å². The molecule has 2 rings (SSSR count). The molecule has 0 aliphatic carbocycles. The van der Waals surface area contributed by atoms with E-state index in [0.29, 0.717) is 23.1 Å². The first-order valence-corrected chi connectivity index (χ1v) is 6.77. The number of anilines is 1. The molecule has 0 unspecified atom stereocenters. The van der Waals surface area contributed by atoms with E-state index in [4.69, 9.17) is 26.8 Å². The highest BCUT2D eigenvalue weighted by Gasteiger charge is 2.08. The molecule has 0 aromatic heterocycles. The third kappa shape index (κ3) is 3.55. The molecule has 2 N–H and O–H groups in total. The van der Waals surface area contributed by atoms with Crippen molar-refractivity contribution >= 4 is 33.2 Å². The van der Waals surface area contributed by atoms with Crippen LogP contribution in [-0.2, 0) is 6.61 Å². The number of nitrogens with two attached hydrogens (primary N) is 1. The Bertz CT molecular complexity index is 549. The molecule has 5 heteroatoms. The Morgan fingerprint density at radius 1 is 1.21 bits per heavy atom. The van der Waals surface area contributed by atoms with Crippen LogP contribution >= 0.6 is 27.5 Å². The number of hydrogen-bond donors (Lipinski definition) is 1. The summed E-state index contributed by atoms with van der Waals surface area (Å²) in [6.45, 7) is 0.425. The average molecular weight is 343 g/mol. The van der Waals surface area contributed by atoms with Crippen molar-refractivity contribution in [2.24, 2.45) is 0 Å². The summed E-state index contributed by atoms with van der Waals surface area (Å²) in [5, 5.41) is 0.571. The number of rotatable bonds is 4. The zero-order valence-electron chi connectivity index (χ0n) is 10.3. The standard InChI is InChI=1S/C14H13BrClNO2/c1-18-11-4-2-9(3-5-11)8-19-14-12(15)6-10(16)7-13(14)17/h2-7H,8,17H2,1H3. The molecular formula is C14H13BrClNO2. The summed E-state index contributed by atoms with van der Waals surface area (Å²) in [6, 6.07) is 11.1. The fraction of sp³-hybridized carbons (Fsp3) is 0.143. The van der Waals surface area contributed by atoms with E-state index in [2.05, 4.69) is 15.9 Å². The van der Waals surface area contributed by atoms with Gasteiger partial charge in [0.1, 0.15) is 12.4 Å². The monoisotopic (exact) mass is 341 g/mol. The zero-order chi connectivity index (χ0) is 13.8. The first-order valence-electron chi connectivity index (χ1n) is 5.60. The predicted octanol–water partition coefficient (Wildman–Crippen LogP) is 4.27. The van der Waals surface area contributed by atoms with Crippen LogP contribution in [0, 0.1) is 0 Å². The number of halogens is 2. The number of methoxy groups -OCH3 is 1. The maximum Gasteiger partial charge on any atom is 0.156 e. The molecule has 100 valence electrons. The van der Waals surface area contributed by atoms with Gasteiger partial charge < -0.3 is 15.2 Å². The first-order chi connectivity index (χ1) is 9.10. The van der Waals surface area contributed by atoms with Crippen LogP contribution in [0.1, 0.15) is 5.56 Å². The summed E-state index contributed by atoms with van der Waals surface area (Å²) in [6.07, 6.45) is 0. The van der Waals surface area contributed by atoms with Gasteiger partial charge in [0.2, 0.25) is 0 Å². The summed E-state index contributed by atoms with van der Waals surface area (Å²) in [4.78, 5) is 0. The van der Waals surface area contributed by atoms with Gasteiger partial charge >= 0.3 is 0 Å². The van der Waals surface area contributed by atoms with E-state index in [1.165, 1.54) is 0 Å². The normalized spacial score (nSPS) is 10.3. The molecule has 0 radical (unpaired) electrons. The second-order valence-electron chi connectivity index (χ2n) is 3.94. The Morgan fingerprint density at radius 2 is 1.89 bits per heavy atom. The van der Waals surface area contributed by atoms with Crippen molar-refractivity contribution in [2.45, 2.75) is 6.61 Å². The number of ether oxygens (including phenoxy) is 2. The van der Waals surface area contributed by atoms with Crippen molar-refractivity contribution in [1.82, 2.24) is 0 Å². The molecule has 2 aromatic carbocycles. The lowest BCUT2D eigenvalue weighted by Gasteiger charge is -2.11. The van der Waals surface area contributed by atoms with E-state index in [9.17, 15) is 0 Å². The summed E-state index contributed by atoms with van der Waals surface area (Å²) in [7, 11) is 1.64. The molecule has 2 aromatic rings. The first kappa shape index (κ1) is 14.0. The summed E-state index contributed by atoms with van der Waals surface area (Å²) in [5.74, 6) is 1.41. The van der Waals surface area contributed by atoms with Gasteiger partial charge in [-0.05, 0) is 45.8 Å². The molecule has 0 aliphatic rings. The Labute approximate surface area is 125 Å². The van der Waals surface area contributed by atoms with E-state index in [-0.39, 0.29) is 0 Å². The molecular weight excluding hydrogens is 330 g/mol. The van der Waals surface area contributed by atoms with E-state index < -0.39 is 0 Å². The van der Waals surface area contributed by atoms with Crippen LogP contribution in [0.2, 0.25) is 5.02 Å². The van der Waals surface area contributed by atoms with Crippen molar-refractivity contribution in [1.29, 1.82) is 0 Å². The Morgan fingerprint density at radius 3 is 2.47 bits per heavy atom. The predicted molar refractivity (Wildman–Crippen MR) is 80.9 cm³/mol. The molecule has 0 bridgehead atoms. The molecule has 0 saturated carbocycles. The van der Waals surface area contributed by atoms with Crippen molar-refractivity contribution < 1.29 is 9.47 Å². The van der Waals surface area contributed by atoms with Crippen LogP contribution in [0.4, 0.5) is 5.69 Å².